The Morgan fingerprint density at radius 2 is 1.75 bits per heavy atom. The monoisotopic (exact) mass is 336 g/mol. The predicted molar refractivity (Wildman–Crippen MR) is 86.9 cm³/mol. The first-order chi connectivity index (χ1) is 11.3. The van der Waals surface area contributed by atoms with Crippen molar-refractivity contribution in [3.63, 3.8) is 0 Å². The lowest BCUT2D eigenvalue weighted by Gasteiger charge is -2.44. The molecule has 0 radical (unpaired) electrons. The number of carbonyl (C=O) groups excluding carboxylic acids is 1. The third-order valence-electron chi connectivity index (χ3n) is 4.75. The Morgan fingerprint density at radius 3 is 2.46 bits per heavy atom. The van der Waals surface area contributed by atoms with Crippen molar-refractivity contribution in [2.24, 2.45) is 0 Å². The molecule has 2 atom stereocenters. The van der Waals surface area contributed by atoms with E-state index in [-0.39, 0.29) is 25.0 Å². The fraction of sp³-hybridized carbons (Fsp3) is 0.389. The number of hydrogen-bond acceptors (Lipinski definition) is 2. The normalized spacial score (nSPS) is 22.8. The topological polar surface area (TPSA) is 23.6 Å². The van der Waals surface area contributed by atoms with Crippen LogP contribution in [-0.4, -0.2) is 54.1 Å². The first-order valence-corrected chi connectivity index (χ1v) is 7.84. The molecule has 0 bridgehead atoms. The van der Waals surface area contributed by atoms with Gasteiger partial charge in [0.05, 0.1) is 0 Å². The maximum atomic E-state index is 13.3. The van der Waals surface area contributed by atoms with E-state index < -0.39 is 12.2 Å². The predicted octanol–water partition coefficient (Wildman–Crippen LogP) is 3.55. The van der Waals surface area contributed by atoms with E-state index in [4.69, 9.17) is 0 Å². The van der Waals surface area contributed by atoms with Crippen molar-refractivity contribution in [2.75, 3.05) is 20.1 Å². The molecule has 0 N–H and O–H groups in total. The van der Waals surface area contributed by atoms with Crippen LogP contribution < -0.4 is 0 Å². The average molecular weight is 336 g/mol. The number of likely N-dealkylation sites (N-methyl/N-ethyl adjacent to an activating group) is 1. The molecule has 6 heteroatoms. The van der Waals surface area contributed by atoms with E-state index in [1.54, 1.807) is 19.1 Å². The summed E-state index contributed by atoms with van der Waals surface area (Å²) < 4.78 is 39.8. The highest BCUT2D eigenvalue weighted by molar-refractivity contribution is 6.07. The van der Waals surface area contributed by atoms with Crippen LogP contribution in [0.2, 0.25) is 0 Å². The number of benzene rings is 2. The summed E-state index contributed by atoms with van der Waals surface area (Å²) in [6.07, 6.45) is -4.36. The Balaban J connectivity index is 1.94. The lowest BCUT2D eigenvalue weighted by Crippen LogP contribution is -2.62. The highest BCUT2D eigenvalue weighted by atomic mass is 19.4. The van der Waals surface area contributed by atoms with Gasteiger partial charge in [-0.3, -0.25) is 9.69 Å². The second kappa shape index (κ2) is 6.09. The smallest absolute Gasteiger partial charge is 0.335 e. The fourth-order valence-corrected chi connectivity index (χ4v) is 3.25. The summed E-state index contributed by atoms with van der Waals surface area (Å²) in [5, 5.41) is 1.66. The van der Waals surface area contributed by atoms with E-state index in [9.17, 15) is 18.0 Å². The molecule has 1 amide bonds. The van der Waals surface area contributed by atoms with E-state index in [1.165, 1.54) is 16.8 Å². The largest absolute Gasteiger partial charge is 0.405 e. The number of rotatable bonds is 1. The van der Waals surface area contributed by atoms with Crippen LogP contribution in [0, 0.1) is 0 Å². The molecule has 2 aromatic rings. The number of amides is 1. The number of fused-ring (bicyclic) bond motifs is 1. The van der Waals surface area contributed by atoms with Gasteiger partial charge in [-0.2, -0.15) is 13.2 Å². The molecular formula is C18H19F3N2O. The zero-order valence-electron chi connectivity index (χ0n) is 13.5. The third kappa shape index (κ3) is 2.98. The van der Waals surface area contributed by atoms with Crippen LogP contribution >= 0.6 is 0 Å². The van der Waals surface area contributed by atoms with Crippen LogP contribution in [0.4, 0.5) is 13.2 Å². The van der Waals surface area contributed by atoms with Gasteiger partial charge in [0.1, 0.15) is 6.04 Å². The molecular weight excluding hydrogens is 317 g/mol. The maximum absolute atomic E-state index is 13.3. The summed E-state index contributed by atoms with van der Waals surface area (Å²) >= 11 is 0. The Kier molecular flexibility index (Phi) is 4.25. The number of nitrogens with zero attached hydrogens (tertiary/aromatic N) is 2. The van der Waals surface area contributed by atoms with Gasteiger partial charge >= 0.3 is 6.18 Å². The summed E-state index contributed by atoms with van der Waals surface area (Å²) in [6, 6.07) is 10.7. The quantitative estimate of drug-likeness (QED) is 0.795. The molecule has 2 aromatic carbocycles. The fourth-order valence-electron chi connectivity index (χ4n) is 3.25. The van der Waals surface area contributed by atoms with Crippen LogP contribution in [-0.2, 0) is 0 Å². The van der Waals surface area contributed by atoms with Gasteiger partial charge in [-0.05, 0) is 30.8 Å². The van der Waals surface area contributed by atoms with E-state index in [0.29, 0.717) is 5.56 Å². The molecule has 2 unspecified atom stereocenters. The van der Waals surface area contributed by atoms with Gasteiger partial charge in [-0.25, -0.2) is 0 Å². The molecule has 3 nitrogen and oxygen atoms in total. The van der Waals surface area contributed by atoms with Crippen LogP contribution in [0.5, 0.6) is 0 Å². The maximum Gasteiger partial charge on any atom is 0.405 e. The number of hydrogen-bond donors (Lipinski definition) is 0. The molecule has 0 saturated carbocycles. The van der Waals surface area contributed by atoms with Crippen LogP contribution in [0.15, 0.2) is 42.5 Å². The van der Waals surface area contributed by atoms with Gasteiger partial charge in [-0.15, -0.1) is 0 Å². The van der Waals surface area contributed by atoms with Gasteiger partial charge in [-0.1, -0.05) is 36.4 Å². The standard InChI is InChI=1S/C18H19F3N2O/c1-12-10-23(11-16(22(12)2)18(19,20)21)17(24)15-9-5-7-13-6-3-4-8-14(13)15/h3-9,12,16H,10-11H2,1-2H3. The van der Waals surface area contributed by atoms with Crippen molar-refractivity contribution in [3.05, 3.63) is 48.0 Å². The molecule has 1 aliphatic rings. The highest BCUT2D eigenvalue weighted by Crippen LogP contribution is 2.30. The van der Waals surface area contributed by atoms with Crippen molar-refractivity contribution in [3.8, 4) is 0 Å². The zero-order valence-corrected chi connectivity index (χ0v) is 13.5. The molecule has 1 fully saturated rings. The van der Waals surface area contributed by atoms with Crippen LogP contribution in [0.3, 0.4) is 0 Å². The Labute approximate surface area is 138 Å². The Bertz CT molecular complexity index is 754. The summed E-state index contributed by atoms with van der Waals surface area (Å²) in [4.78, 5) is 15.5. The average Bonchev–Trinajstić information content (AvgIpc) is 2.55. The number of piperazine rings is 1. The molecule has 0 spiro atoms. The zero-order chi connectivity index (χ0) is 17.5. The van der Waals surface area contributed by atoms with Crippen molar-refractivity contribution >= 4 is 16.7 Å². The molecule has 1 saturated heterocycles. The van der Waals surface area contributed by atoms with Crippen molar-refractivity contribution in [2.45, 2.75) is 25.2 Å². The van der Waals surface area contributed by atoms with E-state index in [2.05, 4.69) is 0 Å². The van der Waals surface area contributed by atoms with Gasteiger partial charge in [0, 0.05) is 24.7 Å². The van der Waals surface area contributed by atoms with Gasteiger partial charge < -0.3 is 4.90 Å². The lowest BCUT2D eigenvalue weighted by atomic mass is 10.0. The first kappa shape index (κ1) is 16.8. The second-order valence-electron chi connectivity index (χ2n) is 6.31. The molecule has 3 rings (SSSR count). The van der Waals surface area contributed by atoms with Crippen LogP contribution in [0.25, 0.3) is 10.8 Å². The lowest BCUT2D eigenvalue weighted by molar-refractivity contribution is -0.197. The van der Waals surface area contributed by atoms with Crippen molar-refractivity contribution in [1.29, 1.82) is 0 Å². The third-order valence-corrected chi connectivity index (χ3v) is 4.75. The van der Waals surface area contributed by atoms with Crippen molar-refractivity contribution in [1.82, 2.24) is 9.80 Å². The van der Waals surface area contributed by atoms with E-state index in [0.717, 1.165) is 10.8 Å². The minimum absolute atomic E-state index is 0.283. The van der Waals surface area contributed by atoms with E-state index >= 15 is 0 Å². The van der Waals surface area contributed by atoms with Gasteiger partial charge in [0.15, 0.2) is 0 Å². The molecule has 0 aromatic heterocycles. The summed E-state index contributed by atoms with van der Waals surface area (Å²) in [7, 11) is 1.46. The number of carbonyl (C=O) groups is 1. The minimum Gasteiger partial charge on any atom is -0.335 e. The Hall–Kier alpha value is -2.08. The Morgan fingerprint density at radius 1 is 1.08 bits per heavy atom. The number of alkyl halides is 3. The van der Waals surface area contributed by atoms with Gasteiger partial charge in [0.25, 0.3) is 5.91 Å². The second-order valence-corrected chi connectivity index (χ2v) is 6.31. The first-order valence-electron chi connectivity index (χ1n) is 7.84. The van der Waals surface area contributed by atoms with Gasteiger partial charge in [0.2, 0.25) is 0 Å². The molecule has 128 valence electrons. The highest BCUT2D eigenvalue weighted by Gasteiger charge is 2.48. The molecule has 1 heterocycles. The summed E-state index contributed by atoms with van der Waals surface area (Å²) in [5.41, 5.74) is 0.450. The van der Waals surface area contributed by atoms with E-state index in [1.807, 2.05) is 30.3 Å². The van der Waals surface area contributed by atoms with Crippen LogP contribution in [0.1, 0.15) is 17.3 Å². The summed E-state index contributed by atoms with van der Waals surface area (Å²) in [6.45, 7) is 1.65. The SMILES string of the molecule is CC1CN(C(=O)c2cccc3ccccc23)CC(C(F)(F)F)N1C. The molecule has 0 aliphatic carbocycles. The summed E-state index contributed by atoms with van der Waals surface area (Å²) in [5.74, 6) is -0.346. The molecule has 24 heavy (non-hydrogen) atoms. The van der Waals surface area contributed by atoms with Crippen molar-refractivity contribution < 1.29 is 18.0 Å². The number of halogens is 3. The minimum atomic E-state index is -4.36. The molecule has 1 aliphatic heterocycles.